The molecule has 2 N–H and O–H groups in total. The molecule has 3 heterocycles. The summed E-state index contributed by atoms with van der Waals surface area (Å²) in [6, 6.07) is 5.86. The van der Waals surface area contributed by atoms with Crippen LogP contribution in [0.5, 0.6) is 0 Å². The Morgan fingerprint density at radius 3 is 3.11 bits per heavy atom. The van der Waals surface area contributed by atoms with Gasteiger partial charge in [-0.25, -0.2) is 9.97 Å². The van der Waals surface area contributed by atoms with Gasteiger partial charge in [-0.15, -0.1) is 0 Å². The zero-order valence-electron chi connectivity index (χ0n) is 15.9. The van der Waals surface area contributed by atoms with Crippen LogP contribution in [0.15, 0.2) is 36.9 Å². The number of piperidine rings is 1. The molecular weight excluding hydrogens is 340 g/mol. The topological polar surface area (TPSA) is 83.0 Å². The molecule has 0 aromatic carbocycles. The summed E-state index contributed by atoms with van der Waals surface area (Å²) in [6.07, 6.45) is 8.89. The van der Waals surface area contributed by atoms with E-state index in [-0.39, 0.29) is 5.91 Å². The third kappa shape index (κ3) is 5.91. The summed E-state index contributed by atoms with van der Waals surface area (Å²) in [5.74, 6) is 2.44. The number of nitrogens with zero attached hydrogens (tertiary/aromatic N) is 4. The second kappa shape index (κ2) is 9.85. The van der Waals surface area contributed by atoms with Crippen molar-refractivity contribution in [1.82, 2.24) is 20.3 Å². The van der Waals surface area contributed by atoms with Crippen LogP contribution in [0, 0.1) is 5.92 Å². The number of amides is 1. The largest absolute Gasteiger partial charge is 0.370 e. The summed E-state index contributed by atoms with van der Waals surface area (Å²) in [6.45, 7) is 5.38. The molecule has 1 aliphatic heterocycles. The van der Waals surface area contributed by atoms with Crippen LogP contribution in [-0.2, 0) is 11.3 Å². The molecule has 0 saturated carbocycles. The summed E-state index contributed by atoms with van der Waals surface area (Å²) in [5.41, 5.74) is 1.02. The lowest BCUT2D eigenvalue weighted by atomic mass is 9.93. The van der Waals surface area contributed by atoms with Gasteiger partial charge in [0.25, 0.3) is 0 Å². The lowest BCUT2D eigenvalue weighted by molar-refractivity contribution is -0.121. The van der Waals surface area contributed by atoms with E-state index in [1.54, 1.807) is 18.7 Å². The van der Waals surface area contributed by atoms with Crippen molar-refractivity contribution in [2.24, 2.45) is 5.92 Å². The highest BCUT2D eigenvalue weighted by Crippen LogP contribution is 2.25. The van der Waals surface area contributed by atoms with Crippen LogP contribution in [0.25, 0.3) is 0 Å². The number of hydrogen-bond donors (Lipinski definition) is 2. The van der Waals surface area contributed by atoms with Gasteiger partial charge in [0.05, 0.1) is 0 Å². The predicted octanol–water partition coefficient (Wildman–Crippen LogP) is 2.62. The maximum Gasteiger partial charge on any atom is 0.220 e. The minimum Gasteiger partial charge on any atom is -0.370 e. The molecule has 1 atom stereocenters. The summed E-state index contributed by atoms with van der Waals surface area (Å²) >= 11 is 0. The summed E-state index contributed by atoms with van der Waals surface area (Å²) in [4.78, 5) is 27.2. The van der Waals surface area contributed by atoms with Crippen molar-refractivity contribution >= 4 is 17.5 Å². The van der Waals surface area contributed by atoms with Crippen LogP contribution in [0.1, 0.15) is 38.2 Å². The predicted molar refractivity (Wildman–Crippen MR) is 106 cm³/mol. The Bertz CT molecular complexity index is 723. The Morgan fingerprint density at radius 2 is 2.30 bits per heavy atom. The van der Waals surface area contributed by atoms with Gasteiger partial charge in [0, 0.05) is 51.1 Å². The van der Waals surface area contributed by atoms with Crippen molar-refractivity contribution in [3.8, 4) is 0 Å². The van der Waals surface area contributed by atoms with Gasteiger partial charge in [-0.1, -0.05) is 6.07 Å². The highest BCUT2D eigenvalue weighted by atomic mass is 16.1. The molecule has 0 aliphatic carbocycles. The Morgan fingerprint density at radius 1 is 1.37 bits per heavy atom. The molecule has 7 nitrogen and oxygen atoms in total. The van der Waals surface area contributed by atoms with Crippen molar-refractivity contribution in [2.45, 2.75) is 39.2 Å². The molecule has 1 amide bonds. The Hall–Kier alpha value is -2.70. The standard InChI is InChI=1S/C20H28N6O/c1-2-22-18-11-19(25-15-24-18)26-10-4-6-16(14-26)7-8-20(27)23-13-17-5-3-9-21-12-17/h3,5,9,11-12,15-16H,2,4,6-8,10,13-14H2,1H3,(H,23,27)(H,22,24,25). The van der Waals surface area contributed by atoms with Gasteiger partial charge in [0.1, 0.15) is 18.0 Å². The second-order valence-corrected chi connectivity index (χ2v) is 6.92. The van der Waals surface area contributed by atoms with E-state index in [0.717, 1.165) is 56.1 Å². The quantitative estimate of drug-likeness (QED) is 0.745. The van der Waals surface area contributed by atoms with Crippen LogP contribution in [0.3, 0.4) is 0 Å². The van der Waals surface area contributed by atoms with Gasteiger partial charge in [-0.3, -0.25) is 9.78 Å². The average molecular weight is 368 g/mol. The molecule has 7 heteroatoms. The third-order valence-corrected chi connectivity index (χ3v) is 4.85. The molecular formula is C20H28N6O. The van der Waals surface area contributed by atoms with E-state index >= 15 is 0 Å². The molecule has 3 rings (SSSR count). The number of hydrogen-bond acceptors (Lipinski definition) is 6. The zero-order valence-corrected chi connectivity index (χ0v) is 15.9. The van der Waals surface area contributed by atoms with E-state index in [9.17, 15) is 4.79 Å². The molecule has 0 radical (unpaired) electrons. The molecule has 1 saturated heterocycles. The molecule has 2 aromatic heterocycles. The highest BCUT2D eigenvalue weighted by molar-refractivity contribution is 5.75. The fourth-order valence-electron chi connectivity index (χ4n) is 3.43. The maximum absolute atomic E-state index is 12.2. The number of rotatable bonds is 8. The lowest BCUT2D eigenvalue weighted by Crippen LogP contribution is -2.36. The van der Waals surface area contributed by atoms with Gasteiger partial charge < -0.3 is 15.5 Å². The number of nitrogens with one attached hydrogen (secondary N) is 2. The van der Waals surface area contributed by atoms with Gasteiger partial charge in [-0.2, -0.15) is 0 Å². The third-order valence-electron chi connectivity index (χ3n) is 4.85. The lowest BCUT2D eigenvalue weighted by Gasteiger charge is -2.33. The Kier molecular flexibility index (Phi) is 6.96. The molecule has 1 aliphatic rings. The van der Waals surface area contributed by atoms with Crippen LogP contribution < -0.4 is 15.5 Å². The van der Waals surface area contributed by atoms with E-state index in [4.69, 9.17) is 0 Å². The zero-order chi connectivity index (χ0) is 18.9. The smallest absolute Gasteiger partial charge is 0.220 e. The molecule has 1 unspecified atom stereocenters. The van der Waals surface area contributed by atoms with Gasteiger partial charge in [0.15, 0.2) is 0 Å². The number of aromatic nitrogens is 3. The fraction of sp³-hybridized carbons (Fsp3) is 0.500. The SMILES string of the molecule is CCNc1cc(N2CCCC(CCC(=O)NCc3cccnc3)C2)ncn1. The number of anilines is 2. The van der Waals surface area contributed by atoms with E-state index in [1.807, 2.05) is 18.2 Å². The number of pyridine rings is 1. The molecule has 27 heavy (non-hydrogen) atoms. The monoisotopic (exact) mass is 368 g/mol. The van der Waals surface area contributed by atoms with E-state index < -0.39 is 0 Å². The Labute approximate surface area is 160 Å². The average Bonchev–Trinajstić information content (AvgIpc) is 2.72. The van der Waals surface area contributed by atoms with Crippen LogP contribution in [-0.4, -0.2) is 40.5 Å². The van der Waals surface area contributed by atoms with Crippen molar-refractivity contribution in [2.75, 3.05) is 29.9 Å². The van der Waals surface area contributed by atoms with E-state index in [1.165, 1.54) is 0 Å². The van der Waals surface area contributed by atoms with Crippen molar-refractivity contribution in [1.29, 1.82) is 0 Å². The highest BCUT2D eigenvalue weighted by Gasteiger charge is 2.22. The Balaban J connectivity index is 1.45. The minimum absolute atomic E-state index is 0.104. The minimum atomic E-state index is 0.104. The molecule has 144 valence electrons. The normalized spacial score (nSPS) is 16.8. The van der Waals surface area contributed by atoms with Crippen molar-refractivity contribution in [3.05, 3.63) is 42.5 Å². The maximum atomic E-state index is 12.2. The van der Waals surface area contributed by atoms with Gasteiger partial charge in [0.2, 0.25) is 5.91 Å². The first-order valence-electron chi connectivity index (χ1n) is 9.71. The van der Waals surface area contributed by atoms with Gasteiger partial charge in [-0.05, 0) is 43.7 Å². The molecule has 1 fully saturated rings. The summed E-state index contributed by atoms with van der Waals surface area (Å²) in [5, 5.41) is 6.21. The first-order valence-corrected chi connectivity index (χ1v) is 9.71. The molecule has 0 bridgehead atoms. The molecule has 0 spiro atoms. The van der Waals surface area contributed by atoms with Crippen molar-refractivity contribution < 1.29 is 4.79 Å². The summed E-state index contributed by atoms with van der Waals surface area (Å²) in [7, 11) is 0. The summed E-state index contributed by atoms with van der Waals surface area (Å²) < 4.78 is 0. The number of carbonyl (C=O) groups excluding carboxylic acids is 1. The van der Waals surface area contributed by atoms with E-state index in [0.29, 0.717) is 18.9 Å². The first kappa shape index (κ1) is 19.1. The second-order valence-electron chi connectivity index (χ2n) is 6.92. The van der Waals surface area contributed by atoms with E-state index in [2.05, 4.69) is 37.4 Å². The van der Waals surface area contributed by atoms with Crippen LogP contribution >= 0.6 is 0 Å². The fourth-order valence-corrected chi connectivity index (χ4v) is 3.43. The first-order chi connectivity index (χ1) is 13.2. The number of carbonyl (C=O) groups is 1. The van der Waals surface area contributed by atoms with Crippen LogP contribution in [0.4, 0.5) is 11.6 Å². The molecule has 2 aromatic rings. The van der Waals surface area contributed by atoms with Crippen molar-refractivity contribution in [3.63, 3.8) is 0 Å². The van der Waals surface area contributed by atoms with Crippen LogP contribution in [0.2, 0.25) is 0 Å². The van der Waals surface area contributed by atoms with Gasteiger partial charge >= 0.3 is 0 Å².